The maximum Gasteiger partial charge on any atom is 0.220 e. The number of aliphatic hydroxyl groups excluding tert-OH is 2. The van der Waals surface area contributed by atoms with E-state index in [0.29, 0.717) is 12.8 Å². The number of carbonyl (C=O) groups is 1. The van der Waals surface area contributed by atoms with Crippen LogP contribution in [-0.4, -0.2) is 34.9 Å². The molecule has 0 saturated carbocycles. The van der Waals surface area contributed by atoms with Gasteiger partial charge in [-0.15, -0.1) is 0 Å². The lowest BCUT2D eigenvalue weighted by Crippen LogP contribution is -2.45. The third-order valence-corrected chi connectivity index (χ3v) is 7.42. The van der Waals surface area contributed by atoms with Crippen LogP contribution >= 0.6 is 0 Å². The quantitative estimate of drug-likeness (QED) is 0.0560. The molecule has 4 heteroatoms. The van der Waals surface area contributed by atoms with Gasteiger partial charge in [0.25, 0.3) is 0 Å². The predicted octanol–water partition coefficient (Wildman–Crippen LogP) is 10.6. The van der Waals surface area contributed by atoms with Crippen LogP contribution in [0.1, 0.15) is 142 Å². The van der Waals surface area contributed by atoms with Crippen LogP contribution in [-0.2, 0) is 4.79 Å². The second-order valence-electron chi connectivity index (χ2n) is 11.6. The number of aliphatic hydroxyl groups is 2. The first-order valence-electron chi connectivity index (χ1n) is 17.8. The van der Waals surface area contributed by atoms with Gasteiger partial charge in [-0.2, -0.15) is 0 Å². The Morgan fingerprint density at radius 1 is 0.568 bits per heavy atom. The molecule has 0 radical (unpaired) electrons. The summed E-state index contributed by atoms with van der Waals surface area (Å²) in [6.07, 6.45) is 51.2. The van der Waals surface area contributed by atoms with E-state index < -0.39 is 12.1 Å². The number of amides is 1. The number of rotatable bonds is 30. The molecule has 44 heavy (non-hydrogen) atoms. The van der Waals surface area contributed by atoms with E-state index in [1.807, 2.05) is 0 Å². The summed E-state index contributed by atoms with van der Waals surface area (Å²) in [6, 6.07) is -0.543. The topological polar surface area (TPSA) is 69.6 Å². The van der Waals surface area contributed by atoms with Gasteiger partial charge in [0.1, 0.15) is 0 Å². The molecule has 3 N–H and O–H groups in total. The van der Waals surface area contributed by atoms with E-state index in [0.717, 1.165) is 89.9 Å². The van der Waals surface area contributed by atoms with E-state index in [2.05, 4.69) is 104 Å². The van der Waals surface area contributed by atoms with Gasteiger partial charge in [-0.05, 0) is 70.6 Å². The zero-order chi connectivity index (χ0) is 32.2. The van der Waals surface area contributed by atoms with Crippen molar-refractivity contribution in [3.8, 4) is 0 Å². The molecule has 0 fully saturated rings. The summed E-state index contributed by atoms with van der Waals surface area (Å²) >= 11 is 0. The van der Waals surface area contributed by atoms with Gasteiger partial charge in [-0.25, -0.2) is 0 Å². The summed E-state index contributed by atoms with van der Waals surface area (Å²) in [5.74, 6) is -0.0607. The summed E-state index contributed by atoms with van der Waals surface area (Å²) < 4.78 is 0. The number of carbonyl (C=O) groups excluding carboxylic acids is 1. The fourth-order valence-electron chi connectivity index (χ4n) is 4.69. The zero-order valence-electron chi connectivity index (χ0n) is 28.4. The monoisotopic (exact) mass is 610 g/mol. The van der Waals surface area contributed by atoms with Crippen LogP contribution in [0.5, 0.6) is 0 Å². The van der Waals surface area contributed by atoms with Crippen LogP contribution in [0, 0.1) is 0 Å². The Morgan fingerprint density at radius 3 is 1.45 bits per heavy atom. The highest BCUT2D eigenvalue weighted by atomic mass is 16.3. The minimum absolute atomic E-state index is 0.0607. The van der Waals surface area contributed by atoms with Crippen LogP contribution in [0.2, 0.25) is 0 Å². The first kappa shape index (κ1) is 41.6. The summed E-state index contributed by atoms with van der Waals surface area (Å²) in [6.45, 7) is 4.07. The average molecular weight is 610 g/mol. The van der Waals surface area contributed by atoms with Crippen molar-refractivity contribution in [2.45, 2.75) is 154 Å². The molecule has 0 aromatic carbocycles. The SMILES string of the molecule is CC/C=C\C/C=C\C/C=C\C/C=C\C/C=C\C/C=C\C/C=C\CCCCCCCCCC(=O)NC(CO)C(O)CCCCC. The van der Waals surface area contributed by atoms with Gasteiger partial charge < -0.3 is 15.5 Å². The van der Waals surface area contributed by atoms with Crippen molar-refractivity contribution in [3.05, 3.63) is 85.1 Å². The Hall–Kier alpha value is -2.43. The fraction of sp³-hybridized carbons (Fsp3) is 0.625. The maximum atomic E-state index is 12.1. The molecule has 0 aromatic heterocycles. The van der Waals surface area contributed by atoms with Gasteiger partial charge in [0.2, 0.25) is 5.91 Å². The van der Waals surface area contributed by atoms with Gasteiger partial charge in [0.05, 0.1) is 18.8 Å². The predicted molar refractivity (Wildman–Crippen MR) is 193 cm³/mol. The van der Waals surface area contributed by atoms with Gasteiger partial charge in [-0.3, -0.25) is 4.79 Å². The third kappa shape index (κ3) is 31.0. The van der Waals surface area contributed by atoms with E-state index in [4.69, 9.17) is 0 Å². The van der Waals surface area contributed by atoms with Crippen molar-refractivity contribution in [2.75, 3.05) is 6.61 Å². The Bertz CT molecular complexity index is 834. The van der Waals surface area contributed by atoms with E-state index in [9.17, 15) is 15.0 Å². The maximum absolute atomic E-state index is 12.1. The molecule has 2 unspecified atom stereocenters. The average Bonchev–Trinajstić information content (AvgIpc) is 3.02. The lowest BCUT2D eigenvalue weighted by molar-refractivity contribution is -0.123. The van der Waals surface area contributed by atoms with Crippen LogP contribution in [0.15, 0.2) is 85.1 Å². The molecule has 0 bridgehead atoms. The molecule has 250 valence electrons. The van der Waals surface area contributed by atoms with Crippen LogP contribution < -0.4 is 5.32 Å². The summed E-state index contributed by atoms with van der Waals surface area (Å²) in [4.78, 5) is 12.1. The molecule has 0 rings (SSSR count). The standard InChI is InChI=1S/C40H67NO3/c1-3-5-7-8-9-10-11-12-13-14-15-16-17-18-19-20-21-22-23-24-25-26-27-28-29-30-31-32-34-36-40(44)41-38(37-42)39(43)35-33-6-4-2/h5,7,9-10,12-13,15-16,18-19,21-22,24-25,38-39,42-43H,3-4,6,8,11,14,17,20,23,26-37H2,1-2H3,(H,41,44)/b7-5-,10-9-,13-12-,16-15-,19-18-,22-21-,25-24-. The summed E-state index contributed by atoms with van der Waals surface area (Å²) in [5.41, 5.74) is 0. The molecular weight excluding hydrogens is 542 g/mol. The highest BCUT2D eigenvalue weighted by molar-refractivity contribution is 5.76. The Balaban J connectivity index is 3.58. The Labute approximate surface area is 271 Å². The van der Waals surface area contributed by atoms with E-state index in [-0.39, 0.29) is 12.5 Å². The summed E-state index contributed by atoms with van der Waals surface area (Å²) in [5, 5.41) is 22.5. The lowest BCUT2D eigenvalue weighted by Gasteiger charge is -2.22. The van der Waals surface area contributed by atoms with Crippen LogP contribution in [0.4, 0.5) is 0 Å². The highest BCUT2D eigenvalue weighted by Gasteiger charge is 2.19. The van der Waals surface area contributed by atoms with Crippen LogP contribution in [0.3, 0.4) is 0 Å². The third-order valence-electron chi connectivity index (χ3n) is 7.42. The van der Waals surface area contributed by atoms with Crippen molar-refractivity contribution in [1.29, 1.82) is 0 Å². The van der Waals surface area contributed by atoms with Gasteiger partial charge in [-0.1, -0.05) is 150 Å². The van der Waals surface area contributed by atoms with Gasteiger partial charge in [0, 0.05) is 6.42 Å². The number of hydrogen-bond acceptors (Lipinski definition) is 3. The van der Waals surface area contributed by atoms with Crippen LogP contribution in [0.25, 0.3) is 0 Å². The van der Waals surface area contributed by atoms with Crippen molar-refractivity contribution in [1.82, 2.24) is 5.32 Å². The molecular formula is C40H67NO3. The molecule has 0 spiro atoms. The van der Waals surface area contributed by atoms with Crippen molar-refractivity contribution >= 4 is 5.91 Å². The molecule has 1 amide bonds. The van der Waals surface area contributed by atoms with Crippen molar-refractivity contribution in [2.24, 2.45) is 0 Å². The largest absolute Gasteiger partial charge is 0.394 e. The number of allylic oxidation sites excluding steroid dienone is 14. The van der Waals surface area contributed by atoms with Crippen molar-refractivity contribution < 1.29 is 15.0 Å². The van der Waals surface area contributed by atoms with Gasteiger partial charge >= 0.3 is 0 Å². The normalized spacial score (nSPS) is 14.2. The van der Waals surface area contributed by atoms with E-state index in [1.165, 1.54) is 25.7 Å². The first-order valence-corrected chi connectivity index (χ1v) is 17.8. The highest BCUT2D eigenvalue weighted by Crippen LogP contribution is 2.11. The van der Waals surface area contributed by atoms with E-state index in [1.54, 1.807) is 0 Å². The molecule has 0 aliphatic heterocycles. The molecule has 2 atom stereocenters. The number of unbranched alkanes of at least 4 members (excludes halogenated alkanes) is 9. The summed E-state index contributed by atoms with van der Waals surface area (Å²) in [7, 11) is 0. The minimum Gasteiger partial charge on any atom is -0.394 e. The minimum atomic E-state index is -0.665. The smallest absolute Gasteiger partial charge is 0.220 e. The first-order chi connectivity index (χ1) is 21.7. The molecule has 0 saturated heterocycles. The van der Waals surface area contributed by atoms with Gasteiger partial charge in [0.15, 0.2) is 0 Å². The Kier molecular flexibility index (Phi) is 33.1. The molecule has 0 heterocycles. The number of hydrogen-bond donors (Lipinski definition) is 3. The lowest BCUT2D eigenvalue weighted by atomic mass is 10.0. The molecule has 0 aromatic rings. The molecule has 0 aliphatic rings. The second kappa shape index (κ2) is 35.1. The van der Waals surface area contributed by atoms with E-state index >= 15 is 0 Å². The van der Waals surface area contributed by atoms with Crippen molar-refractivity contribution in [3.63, 3.8) is 0 Å². The Morgan fingerprint density at radius 2 is 1.00 bits per heavy atom. The molecule has 0 aliphatic carbocycles. The molecule has 4 nitrogen and oxygen atoms in total. The fourth-order valence-corrected chi connectivity index (χ4v) is 4.69. The second-order valence-corrected chi connectivity index (χ2v) is 11.6. The zero-order valence-corrected chi connectivity index (χ0v) is 28.4. The number of nitrogens with one attached hydrogen (secondary N) is 1.